The van der Waals surface area contributed by atoms with E-state index < -0.39 is 5.91 Å². The van der Waals surface area contributed by atoms with Crippen molar-refractivity contribution in [2.45, 2.75) is 0 Å². The van der Waals surface area contributed by atoms with Gasteiger partial charge in [-0.25, -0.2) is 0 Å². The molecule has 0 aliphatic carbocycles. The Morgan fingerprint density at radius 2 is 2.00 bits per heavy atom. The first-order chi connectivity index (χ1) is 8.26. The van der Waals surface area contributed by atoms with E-state index in [4.69, 9.17) is 4.74 Å². The zero-order valence-electron chi connectivity index (χ0n) is 9.14. The summed E-state index contributed by atoms with van der Waals surface area (Å²) in [7, 11) is 1.39. The number of hydrogen-bond acceptors (Lipinski definition) is 4. The molecule has 1 amide bonds. The number of rotatable bonds is 3. The van der Waals surface area contributed by atoms with Crippen LogP contribution in [-0.2, 0) is 9.53 Å². The molecule has 0 radical (unpaired) electrons. The van der Waals surface area contributed by atoms with Gasteiger partial charge in [0, 0.05) is 0 Å². The molecule has 2 rings (SSSR count). The number of nitrogens with zero attached hydrogens (tertiary/aromatic N) is 1. The number of carbonyl (C=O) groups excluding carboxylic acids is 1. The van der Waals surface area contributed by atoms with Crippen molar-refractivity contribution in [1.29, 1.82) is 0 Å². The lowest BCUT2D eigenvalue weighted by atomic mass is 10.2. The van der Waals surface area contributed by atoms with Gasteiger partial charge in [0.1, 0.15) is 0 Å². The van der Waals surface area contributed by atoms with Gasteiger partial charge >= 0.3 is 0 Å². The average molecular weight is 230 g/mol. The summed E-state index contributed by atoms with van der Waals surface area (Å²) in [6, 6.07) is 9.38. The van der Waals surface area contributed by atoms with Crippen molar-refractivity contribution in [3.8, 4) is 0 Å². The molecule has 0 atom stereocenters. The molecule has 0 aromatic heterocycles. The van der Waals surface area contributed by atoms with E-state index in [0.717, 1.165) is 5.56 Å². The van der Waals surface area contributed by atoms with Gasteiger partial charge in [0.15, 0.2) is 5.76 Å². The summed E-state index contributed by atoms with van der Waals surface area (Å²) in [5, 5.41) is 5.20. The second-order valence-corrected chi connectivity index (χ2v) is 3.40. The Morgan fingerprint density at radius 1 is 1.29 bits per heavy atom. The van der Waals surface area contributed by atoms with Gasteiger partial charge in [0.2, 0.25) is 5.70 Å². The lowest BCUT2D eigenvalue weighted by molar-refractivity contribution is -0.116. The molecule has 1 aliphatic rings. The predicted molar refractivity (Wildman–Crippen MR) is 62.4 cm³/mol. The number of nitrogens with one attached hydrogen (secondary N) is 1. The molecular weight excluding hydrogens is 220 g/mol. The van der Waals surface area contributed by atoms with Crippen LogP contribution in [-0.4, -0.2) is 13.0 Å². The van der Waals surface area contributed by atoms with Crippen LogP contribution in [0, 0.1) is 4.91 Å². The van der Waals surface area contributed by atoms with E-state index in [1.165, 1.54) is 7.11 Å². The summed E-state index contributed by atoms with van der Waals surface area (Å²) in [5.74, 6) is -0.368. The Balaban J connectivity index is 2.42. The molecule has 0 fully saturated rings. The number of nitroso groups, excluding NO2 is 1. The third-order valence-corrected chi connectivity index (χ3v) is 2.33. The van der Waals surface area contributed by atoms with E-state index >= 15 is 0 Å². The molecule has 1 aliphatic heterocycles. The molecule has 0 saturated carbocycles. The number of benzene rings is 1. The fourth-order valence-electron chi connectivity index (χ4n) is 1.58. The maximum Gasteiger partial charge on any atom is 0.281 e. The minimum absolute atomic E-state index is 0.175. The summed E-state index contributed by atoms with van der Waals surface area (Å²) < 4.78 is 5.00. The smallest absolute Gasteiger partial charge is 0.281 e. The molecule has 5 heteroatoms. The fourth-order valence-corrected chi connectivity index (χ4v) is 1.58. The molecule has 86 valence electrons. The molecule has 1 N–H and O–H groups in total. The molecule has 1 aromatic carbocycles. The molecule has 0 unspecified atom stereocenters. The van der Waals surface area contributed by atoms with E-state index in [9.17, 15) is 9.70 Å². The van der Waals surface area contributed by atoms with Crippen molar-refractivity contribution in [2.75, 3.05) is 7.11 Å². The number of ether oxygens (including phenoxy) is 1. The number of amides is 1. The zero-order chi connectivity index (χ0) is 12.3. The van der Waals surface area contributed by atoms with Crippen LogP contribution in [0.25, 0.3) is 6.08 Å². The van der Waals surface area contributed by atoms with Crippen LogP contribution >= 0.6 is 0 Å². The van der Waals surface area contributed by atoms with E-state index in [1.807, 2.05) is 30.3 Å². The summed E-state index contributed by atoms with van der Waals surface area (Å²) in [4.78, 5) is 21.9. The van der Waals surface area contributed by atoms with Crippen molar-refractivity contribution in [3.05, 3.63) is 58.0 Å². The third-order valence-electron chi connectivity index (χ3n) is 2.33. The normalized spacial score (nSPS) is 17.2. The fraction of sp³-hybridized carbons (Fsp3) is 0.0833. The number of carbonyl (C=O) groups is 1. The summed E-state index contributed by atoms with van der Waals surface area (Å²) >= 11 is 0. The minimum Gasteiger partial charge on any atom is -0.492 e. The average Bonchev–Trinajstić information content (AvgIpc) is 2.65. The topological polar surface area (TPSA) is 67.8 Å². The molecule has 1 heterocycles. The van der Waals surface area contributed by atoms with E-state index in [-0.39, 0.29) is 11.5 Å². The van der Waals surface area contributed by atoms with E-state index in [1.54, 1.807) is 6.08 Å². The quantitative estimate of drug-likeness (QED) is 0.805. The summed E-state index contributed by atoms with van der Waals surface area (Å²) in [5.41, 5.74) is 1.11. The largest absolute Gasteiger partial charge is 0.492 e. The Bertz CT molecular complexity index is 518. The first-order valence-corrected chi connectivity index (χ1v) is 4.96. The molecule has 1 aromatic rings. The summed E-state index contributed by atoms with van der Waals surface area (Å²) in [6.45, 7) is 0. The maximum atomic E-state index is 11.4. The Hall–Kier alpha value is -2.43. The second kappa shape index (κ2) is 4.61. The number of hydrogen-bond donors (Lipinski definition) is 1. The molecule has 17 heavy (non-hydrogen) atoms. The van der Waals surface area contributed by atoms with Crippen LogP contribution in [0.2, 0.25) is 0 Å². The SMILES string of the molecule is COC1=C(N=O)C(=O)N/C1=C/c1ccccc1. The monoisotopic (exact) mass is 230 g/mol. The molecule has 0 bridgehead atoms. The van der Waals surface area contributed by atoms with Crippen LogP contribution < -0.4 is 5.32 Å². The molecular formula is C12H10N2O3. The predicted octanol–water partition coefficient (Wildman–Crippen LogP) is 1.78. The lowest BCUT2D eigenvalue weighted by Crippen LogP contribution is -2.15. The van der Waals surface area contributed by atoms with Gasteiger partial charge in [-0.2, -0.15) is 0 Å². The van der Waals surface area contributed by atoms with Crippen LogP contribution in [0.4, 0.5) is 0 Å². The van der Waals surface area contributed by atoms with Crippen molar-refractivity contribution < 1.29 is 9.53 Å². The highest BCUT2D eigenvalue weighted by Crippen LogP contribution is 2.23. The number of methoxy groups -OCH3 is 1. The van der Waals surface area contributed by atoms with Crippen LogP contribution in [0.3, 0.4) is 0 Å². The standard InChI is InChI=1S/C12H10N2O3/c1-17-11-9(13-12(15)10(11)14-16)7-8-5-3-2-4-6-8/h2-7H,1H3,(H,13,15)/b9-7+. The van der Waals surface area contributed by atoms with Crippen LogP contribution in [0.1, 0.15) is 5.56 Å². The van der Waals surface area contributed by atoms with Crippen molar-refractivity contribution in [1.82, 2.24) is 5.32 Å². The molecule has 0 saturated heterocycles. The lowest BCUT2D eigenvalue weighted by Gasteiger charge is -2.03. The van der Waals surface area contributed by atoms with Gasteiger partial charge in [-0.05, 0) is 16.8 Å². The highest BCUT2D eigenvalue weighted by molar-refractivity contribution is 6.00. The Kier molecular flexibility index (Phi) is 3.00. The van der Waals surface area contributed by atoms with Crippen LogP contribution in [0.5, 0.6) is 0 Å². The van der Waals surface area contributed by atoms with Crippen molar-refractivity contribution in [3.63, 3.8) is 0 Å². The highest BCUT2D eigenvalue weighted by atomic mass is 16.5. The van der Waals surface area contributed by atoms with Gasteiger partial charge in [0.25, 0.3) is 5.91 Å². The maximum absolute atomic E-state index is 11.4. The Morgan fingerprint density at radius 3 is 2.59 bits per heavy atom. The van der Waals surface area contributed by atoms with Gasteiger partial charge in [-0.3, -0.25) is 4.79 Å². The first-order valence-electron chi connectivity index (χ1n) is 4.96. The zero-order valence-corrected chi connectivity index (χ0v) is 9.14. The van der Waals surface area contributed by atoms with Gasteiger partial charge < -0.3 is 10.1 Å². The van der Waals surface area contributed by atoms with E-state index in [0.29, 0.717) is 5.70 Å². The summed E-state index contributed by atoms with van der Waals surface area (Å²) in [6.07, 6.45) is 1.72. The van der Waals surface area contributed by atoms with Gasteiger partial charge in [0.05, 0.1) is 12.8 Å². The van der Waals surface area contributed by atoms with E-state index in [2.05, 4.69) is 10.5 Å². The first kappa shape index (κ1) is 11.1. The third kappa shape index (κ3) is 2.08. The Labute approximate surface area is 97.8 Å². The molecule has 0 spiro atoms. The van der Waals surface area contributed by atoms with Gasteiger partial charge in [-0.15, -0.1) is 4.91 Å². The van der Waals surface area contributed by atoms with Crippen molar-refractivity contribution in [2.24, 2.45) is 5.18 Å². The van der Waals surface area contributed by atoms with Crippen LogP contribution in [0.15, 0.2) is 52.7 Å². The van der Waals surface area contributed by atoms with Crippen molar-refractivity contribution >= 4 is 12.0 Å². The van der Waals surface area contributed by atoms with Gasteiger partial charge in [-0.1, -0.05) is 30.3 Å². The molecule has 5 nitrogen and oxygen atoms in total. The second-order valence-electron chi connectivity index (χ2n) is 3.40. The highest BCUT2D eigenvalue weighted by Gasteiger charge is 2.29. The minimum atomic E-state index is -0.543.